The molecule has 2 saturated heterocycles. The summed E-state index contributed by atoms with van der Waals surface area (Å²) in [4.78, 5) is 5.50. The number of hydrogen-bond donors (Lipinski definition) is 1. The van der Waals surface area contributed by atoms with Crippen molar-refractivity contribution in [2.24, 2.45) is 0 Å². The molecular weight excluding hydrogens is 258 g/mol. The zero-order chi connectivity index (χ0) is 14.9. The molecule has 3 nitrogen and oxygen atoms in total. The molecular formula is C18H37N3. The second-order valence-electron chi connectivity index (χ2n) is 7.07. The molecule has 2 heterocycles. The Kier molecular flexibility index (Phi) is 8.05. The van der Waals surface area contributed by atoms with Crippen LogP contribution in [-0.2, 0) is 0 Å². The van der Waals surface area contributed by atoms with E-state index in [1.54, 1.807) is 0 Å². The van der Waals surface area contributed by atoms with Crippen molar-refractivity contribution in [1.29, 1.82) is 0 Å². The second kappa shape index (κ2) is 9.81. The fourth-order valence-electron chi connectivity index (χ4n) is 4.12. The lowest BCUT2D eigenvalue weighted by Crippen LogP contribution is -2.47. The van der Waals surface area contributed by atoms with Crippen LogP contribution in [0.4, 0.5) is 0 Å². The Balaban J connectivity index is 1.84. The second-order valence-corrected chi connectivity index (χ2v) is 7.07. The smallest absolute Gasteiger partial charge is 0.0195 e. The number of nitrogens with one attached hydrogen (secondary N) is 1. The van der Waals surface area contributed by atoms with E-state index in [1.807, 2.05) is 0 Å². The maximum atomic E-state index is 3.74. The van der Waals surface area contributed by atoms with E-state index in [9.17, 15) is 0 Å². The van der Waals surface area contributed by atoms with Gasteiger partial charge in [0.1, 0.15) is 0 Å². The van der Waals surface area contributed by atoms with E-state index in [0.717, 1.165) is 12.1 Å². The van der Waals surface area contributed by atoms with Gasteiger partial charge in [0, 0.05) is 18.6 Å². The number of nitrogens with zero attached hydrogens (tertiary/aromatic N) is 2. The Morgan fingerprint density at radius 1 is 1.00 bits per heavy atom. The van der Waals surface area contributed by atoms with Crippen LogP contribution >= 0.6 is 0 Å². The molecule has 0 aliphatic carbocycles. The summed E-state index contributed by atoms with van der Waals surface area (Å²) < 4.78 is 0. The zero-order valence-corrected chi connectivity index (χ0v) is 14.4. The highest BCUT2D eigenvalue weighted by Gasteiger charge is 2.24. The SMILES string of the molecule is CCCN1CCCC(N(CCC)CC2CCCCN2)CC1. The summed E-state index contributed by atoms with van der Waals surface area (Å²) in [5.74, 6) is 0. The normalized spacial score (nSPS) is 28.7. The lowest BCUT2D eigenvalue weighted by atomic mass is 10.0. The van der Waals surface area contributed by atoms with Gasteiger partial charge < -0.3 is 10.2 Å². The monoisotopic (exact) mass is 295 g/mol. The minimum absolute atomic E-state index is 0.750. The maximum absolute atomic E-state index is 3.74. The van der Waals surface area contributed by atoms with Gasteiger partial charge >= 0.3 is 0 Å². The van der Waals surface area contributed by atoms with Crippen molar-refractivity contribution in [3.05, 3.63) is 0 Å². The van der Waals surface area contributed by atoms with Gasteiger partial charge in [-0.25, -0.2) is 0 Å². The Bertz CT molecular complexity index is 263. The van der Waals surface area contributed by atoms with Crippen LogP contribution < -0.4 is 5.32 Å². The van der Waals surface area contributed by atoms with E-state index in [2.05, 4.69) is 29.0 Å². The molecule has 0 spiro atoms. The first-order valence-corrected chi connectivity index (χ1v) is 9.53. The Labute approximate surface area is 132 Å². The van der Waals surface area contributed by atoms with Gasteiger partial charge in [0.25, 0.3) is 0 Å². The fraction of sp³-hybridized carbons (Fsp3) is 1.00. The highest BCUT2D eigenvalue weighted by molar-refractivity contribution is 4.82. The van der Waals surface area contributed by atoms with E-state index in [1.165, 1.54) is 90.6 Å². The third kappa shape index (κ3) is 5.88. The molecule has 21 heavy (non-hydrogen) atoms. The molecule has 2 fully saturated rings. The summed E-state index contributed by atoms with van der Waals surface area (Å²) in [6, 6.07) is 1.58. The zero-order valence-electron chi connectivity index (χ0n) is 14.4. The lowest BCUT2D eigenvalue weighted by molar-refractivity contribution is 0.150. The van der Waals surface area contributed by atoms with E-state index >= 15 is 0 Å². The summed E-state index contributed by atoms with van der Waals surface area (Å²) in [6.45, 7) is 12.4. The van der Waals surface area contributed by atoms with Crippen molar-refractivity contribution in [2.45, 2.75) is 77.3 Å². The summed E-state index contributed by atoms with van der Waals surface area (Å²) in [5.41, 5.74) is 0. The number of piperidine rings is 1. The van der Waals surface area contributed by atoms with Crippen LogP contribution in [0.2, 0.25) is 0 Å². The van der Waals surface area contributed by atoms with Gasteiger partial charge in [0.2, 0.25) is 0 Å². The van der Waals surface area contributed by atoms with E-state index in [-0.39, 0.29) is 0 Å². The standard InChI is InChI=1S/C18H37N3/c1-3-12-20-14-7-9-18(10-15-20)21(13-4-2)16-17-8-5-6-11-19-17/h17-19H,3-16H2,1-2H3. The topological polar surface area (TPSA) is 18.5 Å². The molecule has 0 radical (unpaired) electrons. The van der Waals surface area contributed by atoms with Crippen molar-refractivity contribution >= 4 is 0 Å². The predicted molar refractivity (Wildman–Crippen MR) is 91.9 cm³/mol. The Hall–Kier alpha value is -0.120. The van der Waals surface area contributed by atoms with Crippen LogP contribution in [0.3, 0.4) is 0 Å². The molecule has 2 atom stereocenters. The van der Waals surface area contributed by atoms with Gasteiger partial charge in [0.05, 0.1) is 0 Å². The molecule has 0 bridgehead atoms. The highest BCUT2D eigenvalue weighted by Crippen LogP contribution is 2.19. The fourth-order valence-corrected chi connectivity index (χ4v) is 4.12. The summed E-state index contributed by atoms with van der Waals surface area (Å²) in [6.07, 6.45) is 11.0. The molecule has 2 aliphatic heterocycles. The van der Waals surface area contributed by atoms with E-state index < -0.39 is 0 Å². The first-order chi connectivity index (χ1) is 10.3. The van der Waals surface area contributed by atoms with Gasteiger partial charge in [-0.15, -0.1) is 0 Å². The summed E-state index contributed by atoms with van der Waals surface area (Å²) >= 11 is 0. The molecule has 2 unspecified atom stereocenters. The van der Waals surface area contributed by atoms with Crippen molar-refractivity contribution in [3.63, 3.8) is 0 Å². The van der Waals surface area contributed by atoms with Gasteiger partial charge in [-0.2, -0.15) is 0 Å². The maximum Gasteiger partial charge on any atom is 0.0195 e. The van der Waals surface area contributed by atoms with Crippen molar-refractivity contribution in [2.75, 3.05) is 39.3 Å². The van der Waals surface area contributed by atoms with Gasteiger partial charge in [-0.3, -0.25) is 4.90 Å². The average molecular weight is 296 g/mol. The molecule has 0 aromatic rings. The van der Waals surface area contributed by atoms with Crippen molar-refractivity contribution in [1.82, 2.24) is 15.1 Å². The molecule has 0 aromatic carbocycles. The first-order valence-electron chi connectivity index (χ1n) is 9.53. The molecule has 0 aromatic heterocycles. The molecule has 124 valence electrons. The summed E-state index contributed by atoms with van der Waals surface area (Å²) in [7, 11) is 0. The van der Waals surface area contributed by atoms with Gasteiger partial charge in [0.15, 0.2) is 0 Å². The van der Waals surface area contributed by atoms with Crippen molar-refractivity contribution < 1.29 is 0 Å². The quantitative estimate of drug-likeness (QED) is 0.778. The van der Waals surface area contributed by atoms with Crippen LogP contribution in [-0.4, -0.2) is 61.2 Å². The average Bonchev–Trinajstić information content (AvgIpc) is 2.74. The summed E-state index contributed by atoms with van der Waals surface area (Å²) in [5, 5.41) is 3.74. The first kappa shape index (κ1) is 17.2. The molecule has 1 N–H and O–H groups in total. The van der Waals surface area contributed by atoms with Crippen LogP contribution in [0.15, 0.2) is 0 Å². The lowest BCUT2D eigenvalue weighted by Gasteiger charge is -2.35. The molecule has 0 saturated carbocycles. The number of hydrogen-bond acceptors (Lipinski definition) is 3. The van der Waals surface area contributed by atoms with Crippen LogP contribution in [0.5, 0.6) is 0 Å². The molecule has 2 rings (SSSR count). The van der Waals surface area contributed by atoms with Crippen LogP contribution in [0, 0.1) is 0 Å². The molecule has 2 aliphatic rings. The Morgan fingerprint density at radius 2 is 1.90 bits per heavy atom. The van der Waals surface area contributed by atoms with Crippen LogP contribution in [0.25, 0.3) is 0 Å². The minimum Gasteiger partial charge on any atom is -0.313 e. The van der Waals surface area contributed by atoms with E-state index in [0.29, 0.717) is 0 Å². The van der Waals surface area contributed by atoms with Gasteiger partial charge in [-0.1, -0.05) is 20.3 Å². The number of likely N-dealkylation sites (tertiary alicyclic amines) is 1. The van der Waals surface area contributed by atoms with E-state index in [4.69, 9.17) is 0 Å². The van der Waals surface area contributed by atoms with Gasteiger partial charge in [-0.05, 0) is 77.7 Å². The largest absolute Gasteiger partial charge is 0.313 e. The third-order valence-electron chi connectivity index (χ3n) is 5.22. The van der Waals surface area contributed by atoms with Crippen LogP contribution in [0.1, 0.15) is 65.2 Å². The van der Waals surface area contributed by atoms with Crippen molar-refractivity contribution in [3.8, 4) is 0 Å². The number of rotatable bonds is 7. The Morgan fingerprint density at radius 3 is 2.62 bits per heavy atom. The predicted octanol–water partition coefficient (Wildman–Crippen LogP) is 3.11. The third-order valence-corrected chi connectivity index (χ3v) is 5.22. The molecule has 3 heteroatoms. The minimum atomic E-state index is 0.750. The highest BCUT2D eigenvalue weighted by atomic mass is 15.2. The molecule has 0 amide bonds.